The van der Waals surface area contributed by atoms with Crippen LogP contribution in [0.5, 0.6) is 5.75 Å². The molecular weight excluding hydrogens is 697 g/mol. The summed E-state index contributed by atoms with van der Waals surface area (Å²) in [7, 11) is 0. The van der Waals surface area contributed by atoms with E-state index in [1.54, 1.807) is 12.3 Å². The highest BCUT2D eigenvalue weighted by Crippen LogP contribution is 2.38. The van der Waals surface area contributed by atoms with Gasteiger partial charge in [0.1, 0.15) is 17.3 Å². The number of nitrogens with one attached hydrogen (secondary N) is 2. The van der Waals surface area contributed by atoms with Gasteiger partial charge in [0.05, 0.1) is 37.8 Å². The van der Waals surface area contributed by atoms with Gasteiger partial charge in [0, 0.05) is 49.3 Å². The van der Waals surface area contributed by atoms with Crippen LogP contribution in [0.4, 0.5) is 16.4 Å². The fraction of sp³-hybridized carbons (Fsp3) is 0.537. The molecule has 0 spiro atoms. The van der Waals surface area contributed by atoms with E-state index >= 15 is 0 Å². The second kappa shape index (κ2) is 17.7. The average molecular weight is 753 g/mol. The lowest BCUT2D eigenvalue weighted by Gasteiger charge is -2.32. The van der Waals surface area contributed by atoms with E-state index in [1.807, 2.05) is 66.5 Å². The first-order valence-electron chi connectivity index (χ1n) is 19.9. The van der Waals surface area contributed by atoms with Crippen LogP contribution < -0.4 is 26.0 Å². The predicted octanol–water partition coefficient (Wildman–Crippen LogP) is 6.77. The Morgan fingerprint density at radius 3 is 2.65 bits per heavy atom. The lowest BCUT2D eigenvalue weighted by Crippen LogP contribution is -2.42. The fourth-order valence-electron chi connectivity index (χ4n) is 7.38. The number of urea groups is 1. The summed E-state index contributed by atoms with van der Waals surface area (Å²) in [6.07, 6.45) is 16.4. The molecule has 3 aromatic heterocycles. The van der Waals surface area contributed by atoms with Gasteiger partial charge in [0.25, 0.3) is 0 Å². The molecule has 14 heteroatoms. The van der Waals surface area contributed by atoms with Crippen molar-refractivity contribution >= 4 is 29.1 Å². The number of nitrogens with two attached hydrogens (primary N) is 1. The minimum absolute atomic E-state index is 0.102. The molecule has 2 fully saturated rings. The summed E-state index contributed by atoms with van der Waals surface area (Å²) in [6.45, 7) is 10.6. The minimum Gasteiger partial charge on any atom is -0.491 e. The Morgan fingerprint density at radius 1 is 1.02 bits per heavy atom. The molecular formula is C41H56N10O4. The quantitative estimate of drug-likeness (QED) is 0.0808. The lowest BCUT2D eigenvalue weighted by atomic mass is 9.80. The van der Waals surface area contributed by atoms with Crippen molar-refractivity contribution in [2.75, 3.05) is 37.8 Å². The number of anilines is 1. The Balaban J connectivity index is 0.980. The number of amidine groups is 1. The smallest absolute Gasteiger partial charge is 0.320 e. The van der Waals surface area contributed by atoms with Gasteiger partial charge in [0.2, 0.25) is 5.95 Å². The van der Waals surface area contributed by atoms with E-state index in [0.717, 1.165) is 81.1 Å². The van der Waals surface area contributed by atoms with Gasteiger partial charge in [0.15, 0.2) is 11.9 Å². The summed E-state index contributed by atoms with van der Waals surface area (Å²) in [5, 5.41) is 19.5. The van der Waals surface area contributed by atoms with Crippen molar-refractivity contribution in [3.8, 4) is 5.75 Å². The normalized spacial score (nSPS) is 21.0. The van der Waals surface area contributed by atoms with Crippen LogP contribution in [0.1, 0.15) is 102 Å². The van der Waals surface area contributed by atoms with Gasteiger partial charge in [-0.2, -0.15) is 5.10 Å². The first-order valence-corrected chi connectivity index (χ1v) is 19.9. The molecule has 0 saturated carbocycles. The molecule has 1 aromatic carbocycles. The average Bonchev–Trinajstić information content (AvgIpc) is 3.83. The van der Waals surface area contributed by atoms with Crippen LogP contribution in [0.2, 0.25) is 0 Å². The Kier molecular flexibility index (Phi) is 12.3. The molecule has 4 N–H and O–H groups in total. The molecule has 2 aliphatic heterocycles. The zero-order chi connectivity index (χ0) is 38.2. The van der Waals surface area contributed by atoms with E-state index in [4.69, 9.17) is 24.9 Å². The molecule has 0 radical (unpaired) electrons. The third kappa shape index (κ3) is 10.0. The first-order chi connectivity index (χ1) is 26.7. The van der Waals surface area contributed by atoms with Gasteiger partial charge in [-0.1, -0.05) is 45.0 Å². The fourth-order valence-corrected chi connectivity index (χ4v) is 7.38. The van der Waals surface area contributed by atoms with Crippen LogP contribution >= 0.6 is 0 Å². The van der Waals surface area contributed by atoms with Crippen molar-refractivity contribution in [3.05, 3.63) is 77.9 Å². The highest BCUT2D eigenvalue weighted by molar-refractivity contribution is 6.05. The predicted molar refractivity (Wildman–Crippen MR) is 213 cm³/mol. The summed E-state index contributed by atoms with van der Waals surface area (Å²) >= 11 is 0. The number of fused-ring (bicyclic) bond motifs is 2. The summed E-state index contributed by atoms with van der Waals surface area (Å²) in [5.41, 5.74) is 10.4. The van der Waals surface area contributed by atoms with Gasteiger partial charge >= 0.3 is 6.03 Å². The van der Waals surface area contributed by atoms with Gasteiger partial charge in [-0.3, -0.25) is 14.4 Å². The first kappa shape index (κ1) is 38.3. The Bertz CT molecular complexity index is 1950. The number of benzene rings is 1. The number of aliphatic imine (C=N–C) groups is 1. The monoisotopic (exact) mass is 752 g/mol. The van der Waals surface area contributed by atoms with Gasteiger partial charge in [-0.25, -0.2) is 9.79 Å². The highest BCUT2D eigenvalue weighted by Gasteiger charge is 2.29. The van der Waals surface area contributed by atoms with Crippen molar-refractivity contribution in [2.24, 2.45) is 16.1 Å². The van der Waals surface area contributed by atoms with Crippen molar-refractivity contribution in [2.45, 2.75) is 103 Å². The maximum absolute atomic E-state index is 13.6. The molecule has 7 rings (SSSR count). The number of pyridine rings is 1. The Morgan fingerprint density at radius 2 is 1.85 bits per heavy atom. The summed E-state index contributed by atoms with van der Waals surface area (Å²) in [5.74, 6) is 2.16. The topological polar surface area (TPSA) is 158 Å². The second-order valence-electron chi connectivity index (χ2n) is 15.8. The molecule has 1 aliphatic carbocycles. The number of ether oxygens (including phenoxy) is 3. The molecule has 3 aliphatic rings. The van der Waals surface area contributed by atoms with Crippen LogP contribution in [0, 0.1) is 5.41 Å². The number of aryl methyl sites for hydroxylation is 1. The van der Waals surface area contributed by atoms with Crippen LogP contribution in [0.3, 0.4) is 0 Å². The van der Waals surface area contributed by atoms with Crippen LogP contribution in [-0.4, -0.2) is 75.4 Å². The zero-order valence-corrected chi connectivity index (χ0v) is 32.5. The third-order valence-electron chi connectivity index (χ3n) is 10.6. The molecule has 5 heterocycles. The summed E-state index contributed by atoms with van der Waals surface area (Å²) < 4.78 is 21.8. The highest BCUT2D eigenvalue weighted by atomic mass is 16.7. The largest absolute Gasteiger partial charge is 0.491 e. The minimum atomic E-state index is -0.354. The van der Waals surface area contributed by atoms with E-state index in [2.05, 4.69) is 43.0 Å². The molecule has 14 nitrogen and oxygen atoms in total. The molecule has 294 valence electrons. The lowest BCUT2D eigenvalue weighted by molar-refractivity contribution is -0.163. The SMILES string of the molecule is CC(C)(C)/C(N)=C/C(=Nc1cnn(CCCOC2CCCCO2)c1)NC(=O)NC1CCC(COc2ccc3nnc(N4CCCCC4)n3c2)c2ccccc21. The number of hydrogen-bond acceptors (Lipinski definition) is 10. The van der Waals surface area contributed by atoms with E-state index in [1.165, 1.54) is 24.8 Å². The zero-order valence-electron chi connectivity index (χ0n) is 32.5. The van der Waals surface area contributed by atoms with Crippen LogP contribution in [-0.2, 0) is 16.0 Å². The van der Waals surface area contributed by atoms with Crippen molar-refractivity contribution < 1.29 is 19.0 Å². The standard InChI is InChI=1S/C41H56N10O4/c1-41(2,3)35(42)24-36(44-30-25-43-50(26-30)21-11-23-54-38-14-7-10-22-53-38)46-39(52)45-34-17-15-29(32-12-5-6-13-33(32)34)28-55-31-16-18-37-47-48-40(51(37)27-31)49-19-8-4-9-20-49/h5-6,12-13,16,18,24-27,29,34,38H,4,7-11,14-15,17,19-23,28,42H2,1-3H3,(H2,44,45,46,52)/b35-24-. The molecule has 4 aromatic rings. The second-order valence-corrected chi connectivity index (χ2v) is 15.8. The van der Waals surface area contributed by atoms with Gasteiger partial charge in [-0.05, 0) is 81.0 Å². The van der Waals surface area contributed by atoms with Crippen molar-refractivity contribution in [1.29, 1.82) is 0 Å². The van der Waals surface area contributed by atoms with Crippen LogP contribution in [0.15, 0.2) is 71.8 Å². The summed E-state index contributed by atoms with van der Waals surface area (Å²) in [4.78, 5) is 20.7. The van der Waals surface area contributed by atoms with E-state index in [9.17, 15) is 4.79 Å². The molecule has 0 bridgehead atoms. The number of nitrogens with zero attached hydrogens (tertiary/aromatic N) is 7. The van der Waals surface area contributed by atoms with Crippen molar-refractivity contribution in [1.82, 2.24) is 35.0 Å². The number of piperidine rings is 1. The summed E-state index contributed by atoms with van der Waals surface area (Å²) in [6, 6.07) is 11.7. The third-order valence-corrected chi connectivity index (χ3v) is 10.6. The Hall–Kier alpha value is -4.95. The molecule has 3 atom stereocenters. The molecule has 2 saturated heterocycles. The molecule has 2 amide bonds. The maximum Gasteiger partial charge on any atom is 0.320 e. The van der Waals surface area contributed by atoms with E-state index in [-0.39, 0.29) is 29.7 Å². The number of rotatable bonds is 12. The van der Waals surface area contributed by atoms with Crippen LogP contribution in [0.25, 0.3) is 5.65 Å². The number of amides is 2. The number of allylic oxidation sites excluding steroid dienone is 1. The molecule has 55 heavy (non-hydrogen) atoms. The number of carbonyl (C=O) groups is 1. The van der Waals surface area contributed by atoms with E-state index < -0.39 is 0 Å². The van der Waals surface area contributed by atoms with Crippen molar-refractivity contribution in [3.63, 3.8) is 0 Å². The number of carbonyl (C=O) groups excluding carboxylic acids is 1. The number of aromatic nitrogens is 5. The Labute approximate surface area is 323 Å². The van der Waals surface area contributed by atoms with E-state index in [0.29, 0.717) is 37.0 Å². The maximum atomic E-state index is 13.6. The van der Waals surface area contributed by atoms with Gasteiger partial charge < -0.3 is 30.2 Å². The molecule has 3 unspecified atom stereocenters. The number of hydrogen-bond donors (Lipinski definition) is 3. The van der Waals surface area contributed by atoms with Gasteiger partial charge in [-0.15, -0.1) is 10.2 Å².